The van der Waals surface area contributed by atoms with E-state index in [-0.39, 0.29) is 11.6 Å². The lowest BCUT2D eigenvalue weighted by Gasteiger charge is -2.21. The van der Waals surface area contributed by atoms with Crippen LogP contribution in [0.2, 0.25) is 0 Å². The first kappa shape index (κ1) is 18.5. The second-order valence-electron chi connectivity index (χ2n) is 6.79. The zero-order valence-electron chi connectivity index (χ0n) is 16.2. The summed E-state index contributed by atoms with van der Waals surface area (Å²) in [4.78, 5) is 22.6. The van der Waals surface area contributed by atoms with Crippen LogP contribution in [-0.4, -0.2) is 30.1 Å². The smallest absolute Gasteiger partial charge is 0.276 e. The number of benzene rings is 1. The number of fused-ring (bicyclic) bond motifs is 1. The molecule has 140 valence electrons. The van der Waals surface area contributed by atoms with Gasteiger partial charge in [0.05, 0.1) is 11.7 Å². The van der Waals surface area contributed by atoms with E-state index < -0.39 is 0 Å². The van der Waals surface area contributed by atoms with Crippen molar-refractivity contribution in [3.05, 3.63) is 51.7 Å². The lowest BCUT2D eigenvalue weighted by Crippen LogP contribution is -2.32. The van der Waals surface area contributed by atoms with Crippen molar-refractivity contribution in [1.82, 2.24) is 15.4 Å². The number of nitrogens with one attached hydrogen (secondary N) is 2. The zero-order chi connectivity index (χ0) is 18.7. The fourth-order valence-corrected chi connectivity index (χ4v) is 3.64. The van der Waals surface area contributed by atoms with Crippen LogP contribution in [0, 0.1) is 0 Å². The van der Waals surface area contributed by atoms with Gasteiger partial charge in [-0.1, -0.05) is 25.5 Å². The average Bonchev–Trinajstić information content (AvgIpc) is 2.94. The SMILES string of the molecule is CCCC1NN(C)c2c1nc(Cc1ccc(N(CC)CC)cc1)[nH]c2=O. The number of aromatic nitrogens is 2. The second-order valence-corrected chi connectivity index (χ2v) is 6.79. The van der Waals surface area contributed by atoms with Crippen molar-refractivity contribution in [3.8, 4) is 0 Å². The number of anilines is 2. The van der Waals surface area contributed by atoms with Gasteiger partial charge in [0.25, 0.3) is 5.56 Å². The molecule has 0 saturated heterocycles. The molecule has 26 heavy (non-hydrogen) atoms. The van der Waals surface area contributed by atoms with Crippen molar-refractivity contribution in [3.63, 3.8) is 0 Å². The predicted octanol–water partition coefficient (Wildman–Crippen LogP) is 3.00. The molecule has 0 radical (unpaired) electrons. The summed E-state index contributed by atoms with van der Waals surface area (Å²) in [5, 5.41) is 1.80. The Morgan fingerprint density at radius 1 is 1.15 bits per heavy atom. The van der Waals surface area contributed by atoms with E-state index >= 15 is 0 Å². The molecule has 6 heteroatoms. The van der Waals surface area contributed by atoms with Gasteiger partial charge >= 0.3 is 0 Å². The summed E-state index contributed by atoms with van der Waals surface area (Å²) < 4.78 is 0. The van der Waals surface area contributed by atoms with E-state index in [2.05, 4.69) is 60.3 Å². The molecule has 0 aliphatic carbocycles. The van der Waals surface area contributed by atoms with Gasteiger partial charge in [-0.25, -0.2) is 10.4 Å². The van der Waals surface area contributed by atoms with Crippen LogP contribution in [0.4, 0.5) is 11.4 Å². The monoisotopic (exact) mass is 355 g/mol. The van der Waals surface area contributed by atoms with Crippen LogP contribution in [0.3, 0.4) is 0 Å². The molecular formula is C20H29N5O. The van der Waals surface area contributed by atoms with Crippen molar-refractivity contribution < 1.29 is 0 Å². The quantitative estimate of drug-likeness (QED) is 0.799. The number of hydrazine groups is 1. The number of H-pyrrole nitrogens is 1. The number of hydrogen-bond acceptors (Lipinski definition) is 5. The lowest BCUT2D eigenvalue weighted by molar-refractivity contribution is 0.517. The van der Waals surface area contributed by atoms with Crippen molar-refractivity contribution >= 4 is 11.4 Å². The standard InChI is InChI=1S/C20H29N5O/c1-5-8-16-18-19(24(4)23-16)20(26)22-17(21-18)13-14-9-11-15(12-10-14)25(6-2)7-3/h9-12,16,23H,5-8,13H2,1-4H3,(H,21,22,26). The van der Waals surface area contributed by atoms with Crippen molar-refractivity contribution in [2.75, 3.05) is 30.0 Å². The van der Waals surface area contributed by atoms with Crippen LogP contribution in [0.1, 0.15) is 56.7 Å². The molecule has 0 amide bonds. The number of hydrogen-bond donors (Lipinski definition) is 2. The molecule has 1 unspecified atom stereocenters. The fraction of sp³-hybridized carbons (Fsp3) is 0.500. The van der Waals surface area contributed by atoms with Gasteiger partial charge in [-0.2, -0.15) is 0 Å². The first-order chi connectivity index (χ1) is 12.6. The molecule has 1 aromatic heterocycles. The maximum Gasteiger partial charge on any atom is 0.276 e. The summed E-state index contributed by atoms with van der Waals surface area (Å²) in [6.07, 6.45) is 2.64. The number of rotatable bonds is 7. The minimum atomic E-state index is -0.0710. The van der Waals surface area contributed by atoms with E-state index in [1.165, 1.54) is 5.69 Å². The Labute approximate surface area is 155 Å². The van der Waals surface area contributed by atoms with E-state index in [0.29, 0.717) is 12.1 Å². The average molecular weight is 355 g/mol. The highest BCUT2D eigenvalue weighted by Crippen LogP contribution is 2.30. The molecule has 3 rings (SSSR count). The summed E-state index contributed by atoms with van der Waals surface area (Å²) in [6.45, 7) is 8.46. The molecule has 0 fully saturated rings. The van der Waals surface area contributed by atoms with Crippen LogP contribution in [0.15, 0.2) is 29.1 Å². The van der Waals surface area contributed by atoms with Crippen molar-refractivity contribution in [2.45, 2.75) is 46.1 Å². The van der Waals surface area contributed by atoms with Crippen LogP contribution in [-0.2, 0) is 6.42 Å². The molecular weight excluding hydrogens is 326 g/mol. The predicted molar refractivity (Wildman–Crippen MR) is 107 cm³/mol. The molecule has 1 atom stereocenters. The Morgan fingerprint density at radius 3 is 2.46 bits per heavy atom. The minimum Gasteiger partial charge on any atom is -0.372 e. The molecule has 2 heterocycles. The Morgan fingerprint density at radius 2 is 1.85 bits per heavy atom. The van der Waals surface area contributed by atoms with E-state index in [1.54, 1.807) is 5.01 Å². The van der Waals surface area contributed by atoms with E-state index in [0.717, 1.165) is 43.0 Å². The largest absolute Gasteiger partial charge is 0.372 e. The Bertz CT molecular complexity index is 795. The molecule has 1 aliphatic rings. The van der Waals surface area contributed by atoms with E-state index in [9.17, 15) is 4.79 Å². The summed E-state index contributed by atoms with van der Waals surface area (Å²) >= 11 is 0. The second kappa shape index (κ2) is 7.91. The third-order valence-corrected chi connectivity index (χ3v) is 5.00. The topological polar surface area (TPSA) is 64.3 Å². The van der Waals surface area contributed by atoms with Gasteiger partial charge < -0.3 is 14.9 Å². The molecule has 0 spiro atoms. The van der Waals surface area contributed by atoms with Gasteiger partial charge in [-0.15, -0.1) is 0 Å². The Kier molecular flexibility index (Phi) is 5.61. The molecule has 0 saturated carbocycles. The van der Waals surface area contributed by atoms with Crippen LogP contribution >= 0.6 is 0 Å². The first-order valence-corrected chi connectivity index (χ1v) is 9.54. The molecule has 2 N–H and O–H groups in total. The Hall–Kier alpha value is -2.34. The van der Waals surface area contributed by atoms with Gasteiger partial charge in [-0.05, 0) is 38.0 Å². The van der Waals surface area contributed by atoms with Crippen LogP contribution < -0.4 is 20.9 Å². The maximum absolute atomic E-state index is 12.5. The number of aromatic amines is 1. The fourth-order valence-electron chi connectivity index (χ4n) is 3.64. The highest BCUT2D eigenvalue weighted by molar-refractivity contribution is 5.53. The van der Waals surface area contributed by atoms with Crippen LogP contribution in [0.25, 0.3) is 0 Å². The molecule has 1 aromatic carbocycles. The van der Waals surface area contributed by atoms with Crippen LogP contribution in [0.5, 0.6) is 0 Å². The third-order valence-electron chi connectivity index (χ3n) is 5.00. The highest BCUT2D eigenvalue weighted by atomic mass is 16.1. The maximum atomic E-state index is 12.5. The highest BCUT2D eigenvalue weighted by Gasteiger charge is 2.30. The first-order valence-electron chi connectivity index (χ1n) is 9.54. The van der Waals surface area contributed by atoms with Gasteiger partial charge in [0.1, 0.15) is 11.5 Å². The van der Waals surface area contributed by atoms with Gasteiger partial charge in [-0.3, -0.25) is 4.79 Å². The molecule has 2 aromatic rings. The van der Waals surface area contributed by atoms with E-state index in [4.69, 9.17) is 4.98 Å². The summed E-state index contributed by atoms with van der Waals surface area (Å²) in [5.41, 5.74) is 7.14. The molecule has 6 nitrogen and oxygen atoms in total. The van der Waals surface area contributed by atoms with Crippen molar-refractivity contribution in [1.29, 1.82) is 0 Å². The number of nitrogens with zero attached hydrogens (tertiary/aromatic N) is 3. The Balaban J connectivity index is 1.84. The lowest BCUT2D eigenvalue weighted by atomic mass is 10.1. The summed E-state index contributed by atoms with van der Waals surface area (Å²) in [6, 6.07) is 8.64. The van der Waals surface area contributed by atoms with Gasteiger partial charge in [0.15, 0.2) is 0 Å². The normalized spacial score (nSPS) is 16.0. The third kappa shape index (κ3) is 3.60. The van der Waals surface area contributed by atoms with E-state index in [1.807, 2.05) is 7.05 Å². The van der Waals surface area contributed by atoms with Crippen molar-refractivity contribution in [2.24, 2.45) is 0 Å². The molecule has 1 aliphatic heterocycles. The van der Waals surface area contributed by atoms with Gasteiger partial charge in [0, 0.05) is 32.2 Å². The zero-order valence-corrected chi connectivity index (χ0v) is 16.2. The summed E-state index contributed by atoms with van der Waals surface area (Å²) in [7, 11) is 1.87. The van der Waals surface area contributed by atoms with Gasteiger partial charge in [0.2, 0.25) is 0 Å². The minimum absolute atomic E-state index is 0.0710. The molecule has 0 bridgehead atoms. The summed E-state index contributed by atoms with van der Waals surface area (Å²) in [5.74, 6) is 0.725.